The average molecular weight is 346 g/mol. The van der Waals surface area contributed by atoms with E-state index in [2.05, 4.69) is 5.16 Å². The van der Waals surface area contributed by atoms with Gasteiger partial charge < -0.3 is 10.3 Å². The standard InChI is InChI=1S/C18H13F3N2O2/c19-18(20,21)13-6-3-5-12(8-13)16-10-14(23-25-16)9-11-4-1-2-7-15(11)17(22)24/h1-8,10H,9H2,(H2,22,24). The van der Waals surface area contributed by atoms with Gasteiger partial charge in [0.05, 0.1) is 11.3 Å². The van der Waals surface area contributed by atoms with Crippen LogP contribution in [0.25, 0.3) is 11.3 Å². The van der Waals surface area contributed by atoms with Crippen molar-refractivity contribution >= 4 is 5.91 Å². The lowest BCUT2D eigenvalue weighted by atomic mass is 10.0. The summed E-state index contributed by atoms with van der Waals surface area (Å²) >= 11 is 0. The van der Waals surface area contributed by atoms with Crippen molar-refractivity contribution < 1.29 is 22.5 Å². The summed E-state index contributed by atoms with van der Waals surface area (Å²) < 4.78 is 43.6. The fourth-order valence-electron chi connectivity index (χ4n) is 2.49. The normalized spacial score (nSPS) is 11.5. The molecule has 0 aliphatic heterocycles. The van der Waals surface area contributed by atoms with Gasteiger partial charge in [-0.1, -0.05) is 35.5 Å². The number of aromatic nitrogens is 1. The topological polar surface area (TPSA) is 69.1 Å². The highest BCUT2D eigenvalue weighted by molar-refractivity contribution is 5.94. The highest BCUT2D eigenvalue weighted by atomic mass is 19.4. The summed E-state index contributed by atoms with van der Waals surface area (Å²) in [6.07, 6.45) is -4.15. The number of benzene rings is 2. The van der Waals surface area contributed by atoms with Crippen LogP contribution in [0.15, 0.2) is 59.1 Å². The Kier molecular flexibility index (Phi) is 4.31. The van der Waals surface area contributed by atoms with Gasteiger partial charge in [-0.2, -0.15) is 13.2 Å². The van der Waals surface area contributed by atoms with Crippen LogP contribution < -0.4 is 5.73 Å². The second kappa shape index (κ2) is 6.43. The lowest BCUT2D eigenvalue weighted by Crippen LogP contribution is -2.13. The molecule has 0 unspecified atom stereocenters. The van der Waals surface area contributed by atoms with Crippen LogP contribution in [0.4, 0.5) is 13.2 Å². The van der Waals surface area contributed by atoms with Crippen molar-refractivity contribution in [3.63, 3.8) is 0 Å². The molecule has 2 N–H and O–H groups in total. The molecule has 1 aromatic heterocycles. The second-order valence-electron chi connectivity index (χ2n) is 5.46. The van der Waals surface area contributed by atoms with Crippen molar-refractivity contribution in [3.05, 3.63) is 77.0 Å². The van der Waals surface area contributed by atoms with Crippen LogP contribution in [0.1, 0.15) is 27.2 Å². The Bertz CT molecular complexity index is 916. The quantitative estimate of drug-likeness (QED) is 0.775. The molecule has 0 aliphatic carbocycles. The van der Waals surface area contributed by atoms with Gasteiger partial charge in [0.25, 0.3) is 0 Å². The van der Waals surface area contributed by atoms with Crippen LogP contribution >= 0.6 is 0 Å². The van der Waals surface area contributed by atoms with Crippen LogP contribution in [0.3, 0.4) is 0 Å². The zero-order chi connectivity index (χ0) is 18.0. The minimum Gasteiger partial charge on any atom is -0.366 e. The third-order valence-electron chi connectivity index (χ3n) is 3.69. The second-order valence-corrected chi connectivity index (χ2v) is 5.46. The summed E-state index contributed by atoms with van der Waals surface area (Å²) in [5.41, 5.74) is 6.36. The first-order valence-corrected chi connectivity index (χ1v) is 7.35. The molecule has 0 fully saturated rings. The number of halogens is 3. The molecule has 3 aromatic rings. The molecule has 0 saturated heterocycles. The van der Waals surface area contributed by atoms with Crippen molar-refractivity contribution in [2.45, 2.75) is 12.6 Å². The average Bonchev–Trinajstić information content (AvgIpc) is 3.03. The maximum atomic E-state index is 12.8. The molecule has 0 atom stereocenters. The number of hydrogen-bond donors (Lipinski definition) is 1. The molecule has 3 rings (SSSR count). The summed E-state index contributed by atoms with van der Waals surface area (Å²) in [6.45, 7) is 0. The SMILES string of the molecule is NC(=O)c1ccccc1Cc1cc(-c2cccc(C(F)(F)F)c2)on1. The monoisotopic (exact) mass is 346 g/mol. The molecule has 7 heteroatoms. The number of primary amides is 1. The van der Waals surface area contributed by atoms with Gasteiger partial charge in [0.15, 0.2) is 5.76 Å². The summed E-state index contributed by atoms with van der Waals surface area (Å²) in [5.74, 6) is -0.338. The Balaban J connectivity index is 1.88. The number of amides is 1. The van der Waals surface area contributed by atoms with Gasteiger partial charge in [-0.25, -0.2) is 0 Å². The maximum absolute atomic E-state index is 12.8. The molecule has 0 radical (unpaired) electrons. The third kappa shape index (κ3) is 3.71. The summed E-state index contributed by atoms with van der Waals surface area (Å²) in [5, 5.41) is 3.87. The van der Waals surface area contributed by atoms with E-state index in [4.69, 9.17) is 10.3 Å². The van der Waals surface area contributed by atoms with E-state index in [1.165, 1.54) is 12.1 Å². The zero-order valence-electron chi connectivity index (χ0n) is 12.9. The summed E-state index contributed by atoms with van der Waals surface area (Å²) in [6, 6.07) is 13.2. The summed E-state index contributed by atoms with van der Waals surface area (Å²) in [4.78, 5) is 11.4. The van der Waals surface area contributed by atoms with Crippen molar-refractivity contribution in [2.24, 2.45) is 5.73 Å². The molecule has 0 spiro atoms. The van der Waals surface area contributed by atoms with Crippen LogP contribution in [0.2, 0.25) is 0 Å². The molecule has 0 bridgehead atoms. The third-order valence-corrected chi connectivity index (χ3v) is 3.69. The summed E-state index contributed by atoms with van der Waals surface area (Å²) in [7, 11) is 0. The van der Waals surface area contributed by atoms with Gasteiger partial charge in [-0.3, -0.25) is 4.79 Å². The van der Waals surface area contributed by atoms with E-state index >= 15 is 0 Å². The first-order valence-electron chi connectivity index (χ1n) is 7.35. The predicted octanol–water partition coefficient (Wildman–Crippen LogP) is 4.05. The first-order chi connectivity index (χ1) is 11.8. The molecule has 0 saturated carbocycles. The van der Waals surface area contributed by atoms with E-state index in [0.29, 0.717) is 16.8 Å². The van der Waals surface area contributed by atoms with Gasteiger partial charge in [0.2, 0.25) is 5.91 Å². The van der Waals surface area contributed by atoms with E-state index < -0.39 is 17.6 Å². The molecule has 4 nitrogen and oxygen atoms in total. The molecule has 1 amide bonds. The number of nitrogens with zero attached hydrogens (tertiary/aromatic N) is 1. The fourth-order valence-corrected chi connectivity index (χ4v) is 2.49. The Labute approximate surface area is 141 Å². The minimum atomic E-state index is -4.43. The molecule has 1 heterocycles. The molecule has 25 heavy (non-hydrogen) atoms. The number of carbonyl (C=O) groups excluding carboxylic acids is 1. The largest absolute Gasteiger partial charge is 0.416 e. The van der Waals surface area contributed by atoms with E-state index in [1.807, 2.05) is 0 Å². The van der Waals surface area contributed by atoms with Gasteiger partial charge in [0, 0.05) is 23.6 Å². The van der Waals surface area contributed by atoms with E-state index in [1.54, 1.807) is 30.3 Å². The minimum absolute atomic E-state index is 0.220. The number of rotatable bonds is 4. The maximum Gasteiger partial charge on any atom is 0.416 e. The van der Waals surface area contributed by atoms with Gasteiger partial charge in [-0.05, 0) is 23.8 Å². The Morgan fingerprint density at radius 1 is 1.08 bits per heavy atom. The predicted molar refractivity (Wildman–Crippen MR) is 84.7 cm³/mol. The van der Waals surface area contributed by atoms with Crippen molar-refractivity contribution in [2.75, 3.05) is 0 Å². The number of alkyl halides is 3. The lowest BCUT2D eigenvalue weighted by molar-refractivity contribution is -0.137. The van der Waals surface area contributed by atoms with Crippen LogP contribution in [0.5, 0.6) is 0 Å². The van der Waals surface area contributed by atoms with Crippen molar-refractivity contribution in [3.8, 4) is 11.3 Å². The number of carbonyl (C=O) groups is 1. The zero-order valence-corrected chi connectivity index (χ0v) is 12.9. The first kappa shape index (κ1) is 16.8. The Morgan fingerprint density at radius 3 is 2.56 bits per heavy atom. The van der Waals surface area contributed by atoms with Crippen LogP contribution in [-0.4, -0.2) is 11.1 Å². The molecular weight excluding hydrogens is 333 g/mol. The van der Waals surface area contributed by atoms with Gasteiger partial charge in [0.1, 0.15) is 0 Å². The highest BCUT2D eigenvalue weighted by Gasteiger charge is 2.30. The van der Waals surface area contributed by atoms with Gasteiger partial charge in [-0.15, -0.1) is 0 Å². The van der Waals surface area contributed by atoms with Crippen LogP contribution in [-0.2, 0) is 12.6 Å². The van der Waals surface area contributed by atoms with Crippen molar-refractivity contribution in [1.82, 2.24) is 5.16 Å². The Hall–Kier alpha value is -3.09. The Morgan fingerprint density at radius 2 is 1.84 bits per heavy atom. The smallest absolute Gasteiger partial charge is 0.366 e. The number of hydrogen-bond acceptors (Lipinski definition) is 3. The molecule has 2 aromatic carbocycles. The van der Waals surface area contributed by atoms with Gasteiger partial charge >= 0.3 is 6.18 Å². The van der Waals surface area contributed by atoms with E-state index in [9.17, 15) is 18.0 Å². The van der Waals surface area contributed by atoms with E-state index in [0.717, 1.165) is 12.1 Å². The van der Waals surface area contributed by atoms with E-state index in [-0.39, 0.29) is 17.7 Å². The lowest BCUT2D eigenvalue weighted by Gasteiger charge is -2.06. The fraction of sp³-hybridized carbons (Fsp3) is 0.111. The molecular formula is C18H13F3N2O2. The highest BCUT2D eigenvalue weighted by Crippen LogP contribution is 2.32. The molecule has 128 valence electrons. The molecule has 0 aliphatic rings. The van der Waals surface area contributed by atoms with Crippen molar-refractivity contribution in [1.29, 1.82) is 0 Å². The number of nitrogens with two attached hydrogens (primary N) is 1. The van der Waals surface area contributed by atoms with Crippen LogP contribution in [0, 0.1) is 0 Å².